The standard InChI is InChI=1S/C14H16N4/c1-10-7-11-5-3-4-6-12(11)18(10)14-9-16-8-13(15-2)17-14/h3-6,8-10H,7H2,1-2H3,(H,15,17). The molecule has 92 valence electrons. The Bertz CT molecular complexity index is 567. The quantitative estimate of drug-likeness (QED) is 0.876. The number of benzene rings is 1. The number of hydrogen-bond acceptors (Lipinski definition) is 4. The first kappa shape index (κ1) is 11.0. The average molecular weight is 240 g/mol. The molecule has 2 aromatic rings. The van der Waals surface area contributed by atoms with E-state index in [1.807, 2.05) is 13.2 Å². The summed E-state index contributed by atoms with van der Waals surface area (Å²) in [6, 6.07) is 8.90. The lowest BCUT2D eigenvalue weighted by Gasteiger charge is -2.23. The summed E-state index contributed by atoms with van der Waals surface area (Å²) in [5, 5.41) is 3.03. The molecule has 4 heteroatoms. The third-order valence-electron chi connectivity index (χ3n) is 3.33. The Hall–Kier alpha value is -2.10. The fourth-order valence-corrected chi connectivity index (χ4v) is 2.51. The fraction of sp³-hybridized carbons (Fsp3) is 0.286. The largest absolute Gasteiger partial charge is 0.372 e. The van der Waals surface area contributed by atoms with E-state index in [1.165, 1.54) is 11.3 Å². The number of rotatable bonds is 2. The molecule has 1 N–H and O–H groups in total. The van der Waals surface area contributed by atoms with Crippen molar-refractivity contribution in [2.75, 3.05) is 17.3 Å². The van der Waals surface area contributed by atoms with E-state index in [4.69, 9.17) is 0 Å². The maximum atomic E-state index is 4.57. The Morgan fingerprint density at radius 3 is 2.94 bits per heavy atom. The maximum absolute atomic E-state index is 4.57. The van der Waals surface area contributed by atoms with E-state index in [0.717, 1.165) is 18.1 Å². The van der Waals surface area contributed by atoms with E-state index in [1.54, 1.807) is 6.20 Å². The zero-order chi connectivity index (χ0) is 12.5. The van der Waals surface area contributed by atoms with Crippen LogP contribution in [0.5, 0.6) is 0 Å². The number of hydrogen-bond donors (Lipinski definition) is 1. The summed E-state index contributed by atoms with van der Waals surface area (Å²) in [5.41, 5.74) is 2.62. The van der Waals surface area contributed by atoms with Gasteiger partial charge in [-0.3, -0.25) is 4.98 Å². The van der Waals surface area contributed by atoms with Crippen molar-refractivity contribution < 1.29 is 0 Å². The Labute approximate surface area is 107 Å². The van der Waals surface area contributed by atoms with Crippen LogP contribution >= 0.6 is 0 Å². The smallest absolute Gasteiger partial charge is 0.154 e. The highest BCUT2D eigenvalue weighted by Gasteiger charge is 2.27. The molecule has 0 saturated carbocycles. The number of para-hydroxylation sites is 1. The number of fused-ring (bicyclic) bond motifs is 1. The van der Waals surface area contributed by atoms with Crippen LogP contribution in [0.1, 0.15) is 12.5 Å². The first-order chi connectivity index (χ1) is 8.79. The molecule has 0 saturated heterocycles. The van der Waals surface area contributed by atoms with Gasteiger partial charge in [0.1, 0.15) is 5.82 Å². The molecule has 1 unspecified atom stereocenters. The average Bonchev–Trinajstić information content (AvgIpc) is 2.74. The summed E-state index contributed by atoms with van der Waals surface area (Å²) < 4.78 is 0. The first-order valence-electron chi connectivity index (χ1n) is 6.16. The molecule has 0 fully saturated rings. The number of nitrogens with zero attached hydrogens (tertiary/aromatic N) is 3. The molecule has 1 aromatic carbocycles. The van der Waals surface area contributed by atoms with Gasteiger partial charge >= 0.3 is 0 Å². The molecular formula is C14H16N4. The summed E-state index contributed by atoms with van der Waals surface area (Å²) in [6.07, 6.45) is 4.61. The fourth-order valence-electron chi connectivity index (χ4n) is 2.51. The van der Waals surface area contributed by atoms with Gasteiger partial charge in [0, 0.05) is 18.8 Å². The minimum Gasteiger partial charge on any atom is -0.372 e. The highest BCUT2D eigenvalue weighted by Crippen LogP contribution is 2.36. The monoisotopic (exact) mass is 240 g/mol. The topological polar surface area (TPSA) is 41.1 Å². The Morgan fingerprint density at radius 2 is 2.11 bits per heavy atom. The lowest BCUT2D eigenvalue weighted by molar-refractivity contribution is 0.749. The van der Waals surface area contributed by atoms with Crippen molar-refractivity contribution in [1.82, 2.24) is 9.97 Å². The van der Waals surface area contributed by atoms with Crippen LogP contribution in [0, 0.1) is 0 Å². The minimum absolute atomic E-state index is 0.420. The van der Waals surface area contributed by atoms with Crippen LogP contribution < -0.4 is 10.2 Å². The predicted octanol–water partition coefficient (Wildman–Crippen LogP) is 2.60. The van der Waals surface area contributed by atoms with Crippen molar-refractivity contribution in [2.24, 2.45) is 0 Å². The summed E-state index contributed by atoms with van der Waals surface area (Å²) in [6.45, 7) is 2.22. The molecule has 0 aliphatic carbocycles. The van der Waals surface area contributed by atoms with Gasteiger partial charge in [0.05, 0.1) is 12.4 Å². The first-order valence-corrected chi connectivity index (χ1v) is 6.16. The molecular weight excluding hydrogens is 224 g/mol. The molecule has 1 aromatic heterocycles. The van der Waals surface area contributed by atoms with Crippen molar-refractivity contribution >= 4 is 17.3 Å². The molecule has 0 radical (unpaired) electrons. The number of anilines is 3. The third kappa shape index (κ3) is 1.70. The molecule has 0 bridgehead atoms. The van der Waals surface area contributed by atoms with Crippen LogP contribution in [0.2, 0.25) is 0 Å². The van der Waals surface area contributed by atoms with E-state index < -0.39 is 0 Å². The summed E-state index contributed by atoms with van der Waals surface area (Å²) in [4.78, 5) is 11.1. The highest BCUT2D eigenvalue weighted by atomic mass is 15.2. The molecule has 2 heterocycles. The lowest BCUT2D eigenvalue weighted by atomic mass is 10.1. The van der Waals surface area contributed by atoms with Gasteiger partial charge in [-0.2, -0.15) is 0 Å². The van der Waals surface area contributed by atoms with Crippen LogP contribution in [0.3, 0.4) is 0 Å². The van der Waals surface area contributed by atoms with E-state index in [9.17, 15) is 0 Å². The van der Waals surface area contributed by atoms with Gasteiger partial charge in [0.15, 0.2) is 5.82 Å². The maximum Gasteiger partial charge on any atom is 0.154 e. The van der Waals surface area contributed by atoms with E-state index in [-0.39, 0.29) is 0 Å². The predicted molar refractivity (Wildman–Crippen MR) is 73.3 cm³/mol. The number of nitrogens with one attached hydrogen (secondary N) is 1. The van der Waals surface area contributed by atoms with E-state index in [2.05, 4.69) is 51.4 Å². The van der Waals surface area contributed by atoms with Crippen molar-refractivity contribution in [3.05, 3.63) is 42.2 Å². The Morgan fingerprint density at radius 1 is 1.28 bits per heavy atom. The van der Waals surface area contributed by atoms with Crippen LogP contribution in [0.25, 0.3) is 0 Å². The molecule has 1 aliphatic heterocycles. The lowest BCUT2D eigenvalue weighted by Crippen LogP contribution is -2.25. The van der Waals surface area contributed by atoms with Gasteiger partial charge in [-0.05, 0) is 25.0 Å². The minimum atomic E-state index is 0.420. The second-order valence-corrected chi connectivity index (χ2v) is 4.56. The van der Waals surface area contributed by atoms with E-state index >= 15 is 0 Å². The molecule has 1 atom stereocenters. The molecule has 3 rings (SSSR count). The molecule has 0 amide bonds. The van der Waals surface area contributed by atoms with Crippen LogP contribution in [-0.2, 0) is 6.42 Å². The Balaban J connectivity index is 2.06. The van der Waals surface area contributed by atoms with Crippen molar-refractivity contribution in [3.63, 3.8) is 0 Å². The Kier molecular flexibility index (Phi) is 2.63. The third-order valence-corrected chi connectivity index (χ3v) is 3.33. The summed E-state index contributed by atoms with van der Waals surface area (Å²) >= 11 is 0. The summed E-state index contributed by atoms with van der Waals surface area (Å²) in [7, 11) is 1.86. The SMILES string of the molecule is CNc1cncc(N2c3ccccc3CC2C)n1. The highest BCUT2D eigenvalue weighted by molar-refractivity contribution is 5.68. The molecule has 4 nitrogen and oxygen atoms in total. The van der Waals surface area contributed by atoms with E-state index in [0.29, 0.717) is 6.04 Å². The van der Waals surface area contributed by atoms with Gasteiger partial charge in [0.25, 0.3) is 0 Å². The van der Waals surface area contributed by atoms with Gasteiger partial charge in [-0.15, -0.1) is 0 Å². The van der Waals surface area contributed by atoms with Crippen LogP contribution in [0.4, 0.5) is 17.3 Å². The normalized spacial score (nSPS) is 17.7. The van der Waals surface area contributed by atoms with Crippen molar-refractivity contribution in [3.8, 4) is 0 Å². The second-order valence-electron chi connectivity index (χ2n) is 4.56. The van der Waals surface area contributed by atoms with Crippen molar-refractivity contribution in [2.45, 2.75) is 19.4 Å². The number of aromatic nitrogens is 2. The molecule has 18 heavy (non-hydrogen) atoms. The van der Waals surface area contributed by atoms with Gasteiger partial charge in [-0.1, -0.05) is 18.2 Å². The van der Waals surface area contributed by atoms with Gasteiger partial charge in [-0.25, -0.2) is 4.98 Å². The summed E-state index contributed by atoms with van der Waals surface area (Å²) in [5.74, 6) is 1.70. The molecule has 1 aliphatic rings. The zero-order valence-electron chi connectivity index (χ0n) is 10.6. The van der Waals surface area contributed by atoms with Crippen molar-refractivity contribution in [1.29, 1.82) is 0 Å². The second kappa shape index (κ2) is 4.29. The zero-order valence-corrected chi connectivity index (χ0v) is 10.6. The van der Waals surface area contributed by atoms with Gasteiger partial charge < -0.3 is 10.2 Å². The van der Waals surface area contributed by atoms with Gasteiger partial charge in [0.2, 0.25) is 0 Å². The molecule has 0 spiro atoms. The van der Waals surface area contributed by atoms with Crippen LogP contribution in [0.15, 0.2) is 36.7 Å². The van der Waals surface area contributed by atoms with Crippen LogP contribution in [-0.4, -0.2) is 23.1 Å².